The van der Waals surface area contributed by atoms with Gasteiger partial charge in [-0.1, -0.05) is 18.2 Å². The SMILES string of the molecule is CN1CCN(Cc2c(O)c(OC3OC(C(=O)O)C(O)C(O)C3O)c(O)c3c(=O)cc(C4=CCCC=C4)oc23)CC1. The number of ether oxygens (including phenoxy) is 2. The number of carboxylic acids is 1. The second-order valence-electron chi connectivity index (χ2n) is 10.3. The van der Waals surface area contributed by atoms with E-state index in [0.717, 1.165) is 25.9 Å². The number of benzene rings is 1. The van der Waals surface area contributed by atoms with Gasteiger partial charge in [-0.3, -0.25) is 9.69 Å². The van der Waals surface area contributed by atoms with Crippen LogP contribution in [0.1, 0.15) is 24.2 Å². The van der Waals surface area contributed by atoms with Gasteiger partial charge in [0, 0.05) is 44.4 Å². The fourth-order valence-electron chi connectivity index (χ4n) is 5.09. The van der Waals surface area contributed by atoms with Crippen molar-refractivity contribution >= 4 is 22.5 Å². The van der Waals surface area contributed by atoms with Crippen LogP contribution in [0.5, 0.6) is 17.2 Å². The van der Waals surface area contributed by atoms with Crippen LogP contribution in [0.2, 0.25) is 0 Å². The minimum Gasteiger partial charge on any atom is -0.504 e. The molecule has 2 aliphatic heterocycles. The second kappa shape index (κ2) is 11.2. The zero-order valence-corrected chi connectivity index (χ0v) is 21.8. The third-order valence-electron chi connectivity index (χ3n) is 7.48. The zero-order chi connectivity index (χ0) is 28.7. The first kappa shape index (κ1) is 28.1. The molecule has 5 unspecified atom stereocenters. The van der Waals surface area contributed by atoms with Gasteiger partial charge in [0.05, 0.1) is 5.56 Å². The van der Waals surface area contributed by atoms with Crippen LogP contribution in [0, 0.1) is 0 Å². The number of rotatable bonds is 6. The summed E-state index contributed by atoms with van der Waals surface area (Å²) in [6.45, 7) is 2.90. The number of aliphatic carboxylic acids is 1. The smallest absolute Gasteiger partial charge is 0.335 e. The van der Waals surface area contributed by atoms with Crippen LogP contribution in [0.25, 0.3) is 16.5 Å². The quantitative estimate of drug-likeness (QED) is 0.276. The maximum absolute atomic E-state index is 13.3. The average molecular weight is 561 g/mol. The van der Waals surface area contributed by atoms with Crippen LogP contribution < -0.4 is 10.2 Å². The highest BCUT2D eigenvalue weighted by atomic mass is 16.7. The minimum absolute atomic E-state index is 0.0485. The highest BCUT2D eigenvalue weighted by Crippen LogP contribution is 2.47. The van der Waals surface area contributed by atoms with Crippen LogP contribution in [0.15, 0.2) is 33.5 Å². The molecule has 0 saturated carbocycles. The molecule has 2 saturated heterocycles. The molecular formula is C27H32N2O11. The lowest BCUT2D eigenvalue weighted by Gasteiger charge is -2.38. The molecule has 216 valence electrons. The Morgan fingerprint density at radius 3 is 2.42 bits per heavy atom. The Bertz CT molecular complexity index is 1410. The van der Waals surface area contributed by atoms with E-state index in [4.69, 9.17) is 13.9 Å². The van der Waals surface area contributed by atoms with Gasteiger partial charge in [-0.15, -0.1) is 0 Å². The molecule has 3 heterocycles. The standard InChI is InChI=1S/C27H32N2O11/c1-28-7-9-29(10-8-28)12-14-18(31)24(39-27-22(35)20(33)21(34)25(40-27)26(36)37)19(32)17-15(30)11-16(38-23(14)17)13-5-3-2-4-6-13/h3,5-6,11,20-22,25,27,31-35H,2,4,7-10,12H2,1H3,(H,36,37). The van der Waals surface area contributed by atoms with Crippen LogP contribution in [0.3, 0.4) is 0 Å². The fraction of sp³-hybridized carbons (Fsp3) is 0.481. The number of aromatic hydroxyl groups is 2. The van der Waals surface area contributed by atoms with E-state index < -0.39 is 59.4 Å². The van der Waals surface area contributed by atoms with Crippen molar-refractivity contribution in [1.29, 1.82) is 0 Å². The molecule has 13 nitrogen and oxygen atoms in total. The minimum atomic E-state index is -1.97. The Hall–Kier alpha value is -3.46. The van der Waals surface area contributed by atoms with Gasteiger partial charge in [0.25, 0.3) is 0 Å². The molecule has 2 fully saturated rings. The topological polar surface area (TPSA) is 194 Å². The number of aliphatic hydroxyl groups excluding tert-OH is 3. The Morgan fingerprint density at radius 1 is 1.05 bits per heavy atom. The van der Waals surface area contributed by atoms with Gasteiger partial charge in [0.15, 0.2) is 28.6 Å². The summed E-state index contributed by atoms with van der Waals surface area (Å²) in [5, 5.41) is 62.2. The Balaban J connectivity index is 1.62. The van der Waals surface area contributed by atoms with E-state index in [1.807, 2.05) is 30.2 Å². The van der Waals surface area contributed by atoms with Gasteiger partial charge in [-0.25, -0.2) is 4.79 Å². The van der Waals surface area contributed by atoms with Crippen LogP contribution in [-0.4, -0.2) is 110 Å². The van der Waals surface area contributed by atoms with E-state index in [0.29, 0.717) is 18.7 Å². The Kier molecular flexibility index (Phi) is 7.86. The predicted molar refractivity (Wildman–Crippen MR) is 140 cm³/mol. The van der Waals surface area contributed by atoms with Crippen LogP contribution >= 0.6 is 0 Å². The lowest BCUT2D eigenvalue weighted by Crippen LogP contribution is -2.61. The molecule has 3 aliphatic rings. The molecule has 5 atom stereocenters. The van der Waals surface area contributed by atoms with Crippen molar-refractivity contribution in [3.8, 4) is 17.2 Å². The Morgan fingerprint density at radius 2 is 1.77 bits per heavy atom. The molecular weight excluding hydrogens is 528 g/mol. The molecule has 13 heteroatoms. The molecule has 0 radical (unpaired) electrons. The number of hydrogen-bond acceptors (Lipinski definition) is 12. The van der Waals surface area contributed by atoms with E-state index in [9.17, 15) is 40.2 Å². The number of carboxylic acid groups (broad SMARTS) is 1. The largest absolute Gasteiger partial charge is 0.504 e. The fourth-order valence-corrected chi connectivity index (χ4v) is 5.09. The van der Waals surface area contributed by atoms with Gasteiger partial charge in [-0.05, 0) is 19.9 Å². The zero-order valence-electron chi connectivity index (χ0n) is 21.8. The van der Waals surface area contributed by atoms with E-state index >= 15 is 0 Å². The summed E-state index contributed by atoms with van der Waals surface area (Å²) in [5.41, 5.74) is 0.142. The molecule has 1 aliphatic carbocycles. The average Bonchev–Trinajstić information content (AvgIpc) is 2.94. The first-order valence-corrected chi connectivity index (χ1v) is 13.0. The maximum Gasteiger partial charge on any atom is 0.335 e. The third-order valence-corrected chi connectivity index (χ3v) is 7.48. The number of likely N-dealkylation sites (N-methyl/N-ethyl adjacent to an activating group) is 1. The number of fused-ring (bicyclic) bond motifs is 1. The van der Waals surface area contributed by atoms with Gasteiger partial charge in [-0.2, -0.15) is 0 Å². The highest BCUT2D eigenvalue weighted by molar-refractivity contribution is 5.92. The van der Waals surface area contributed by atoms with Crippen molar-refractivity contribution in [3.05, 3.63) is 45.8 Å². The van der Waals surface area contributed by atoms with Crippen molar-refractivity contribution in [2.75, 3.05) is 33.2 Å². The molecule has 0 spiro atoms. The lowest BCUT2D eigenvalue weighted by molar-refractivity contribution is -0.271. The van der Waals surface area contributed by atoms with Gasteiger partial charge in [0.1, 0.15) is 29.5 Å². The second-order valence-corrected chi connectivity index (χ2v) is 10.3. The first-order valence-electron chi connectivity index (χ1n) is 13.0. The first-order chi connectivity index (χ1) is 19.1. The number of piperazine rings is 1. The van der Waals surface area contributed by atoms with E-state index in [2.05, 4.69) is 4.90 Å². The van der Waals surface area contributed by atoms with Crippen molar-refractivity contribution in [1.82, 2.24) is 9.80 Å². The molecule has 1 aromatic carbocycles. The summed E-state index contributed by atoms with van der Waals surface area (Å²) in [4.78, 5) is 29.0. The van der Waals surface area contributed by atoms with Crippen LogP contribution in [-0.2, 0) is 16.1 Å². The normalized spacial score (nSPS) is 28.0. The predicted octanol–water partition coefficient (Wildman–Crippen LogP) is -0.0440. The third kappa shape index (κ3) is 5.19. The molecule has 5 rings (SSSR count). The summed E-state index contributed by atoms with van der Waals surface area (Å²) in [5.74, 6) is -3.46. The summed E-state index contributed by atoms with van der Waals surface area (Å²) < 4.78 is 16.8. The number of allylic oxidation sites excluding steroid dienone is 4. The van der Waals surface area contributed by atoms with E-state index in [1.54, 1.807) is 0 Å². The number of carbonyl (C=O) groups is 1. The number of aliphatic hydroxyl groups is 3. The van der Waals surface area contributed by atoms with Gasteiger partial charge < -0.3 is 49.4 Å². The molecule has 0 amide bonds. The van der Waals surface area contributed by atoms with Crippen molar-refractivity contribution < 1.29 is 49.3 Å². The number of phenols is 2. The molecule has 2 aromatic rings. The van der Waals surface area contributed by atoms with Gasteiger partial charge >= 0.3 is 5.97 Å². The monoisotopic (exact) mass is 560 g/mol. The van der Waals surface area contributed by atoms with Crippen molar-refractivity contribution in [2.45, 2.75) is 50.1 Å². The molecule has 1 aromatic heterocycles. The molecule has 6 N–H and O–H groups in total. The van der Waals surface area contributed by atoms with Crippen molar-refractivity contribution in [2.24, 2.45) is 0 Å². The maximum atomic E-state index is 13.3. The summed E-state index contributed by atoms with van der Waals surface area (Å²) in [6.07, 6.45) is -2.49. The highest BCUT2D eigenvalue weighted by Gasteiger charge is 2.48. The van der Waals surface area contributed by atoms with E-state index in [1.165, 1.54) is 6.07 Å². The van der Waals surface area contributed by atoms with Crippen LogP contribution in [0.4, 0.5) is 0 Å². The summed E-state index contributed by atoms with van der Waals surface area (Å²) in [7, 11) is 1.98. The number of hydrogen-bond donors (Lipinski definition) is 6. The lowest BCUT2D eigenvalue weighted by atomic mass is 9.99. The summed E-state index contributed by atoms with van der Waals surface area (Å²) >= 11 is 0. The molecule has 40 heavy (non-hydrogen) atoms. The van der Waals surface area contributed by atoms with Crippen molar-refractivity contribution in [3.63, 3.8) is 0 Å². The number of phenolic OH excluding ortho intramolecular Hbond substituents is 2. The Labute approximate surface area is 228 Å². The molecule has 0 bridgehead atoms. The van der Waals surface area contributed by atoms with E-state index in [-0.39, 0.29) is 28.8 Å². The van der Waals surface area contributed by atoms with Gasteiger partial charge in [0.2, 0.25) is 12.0 Å². The number of nitrogens with zero attached hydrogens (tertiary/aromatic N) is 2. The summed E-state index contributed by atoms with van der Waals surface area (Å²) in [6, 6.07) is 1.22.